The zero-order chi connectivity index (χ0) is 33.4. The first-order valence-electron chi connectivity index (χ1n) is 14.2. The number of hydrogen-bond donors (Lipinski definition) is 3. The van der Waals surface area contributed by atoms with Crippen LogP contribution in [0.25, 0.3) is 22.2 Å². The van der Waals surface area contributed by atoms with Crippen LogP contribution in [0.5, 0.6) is 11.5 Å². The average Bonchev–Trinajstić information content (AvgIpc) is 3.78. The van der Waals surface area contributed by atoms with Gasteiger partial charge in [-0.25, -0.2) is 9.67 Å². The van der Waals surface area contributed by atoms with E-state index in [4.69, 9.17) is 15.2 Å². The molecule has 0 aliphatic heterocycles. The minimum absolute atomic E-state index is 0.0517. The lowest BCUT2D eigenvalue weighted by atomic mass is 9.90. The van der Waals surface area contributed by atoms with Crippen LogP contribution in [0.4, 0.5) is 22.0 Å². The van der Waals surface area contributed by atoms with E-state index < -0.39 is 35.7 Å². The molecule has 1 aliphatic carbocycles. The Morgan fingerprint density at radius 2 is 1.85 bits per heavy atom. The van der Waals surface area contributed by atoms with E-state index >= 15 is 0 Å². The van der Waals surface area contributed by atoms with Crippen LogP contribution in [0.1, 0.15) is 53.5 Å². The monoisotopic (exact) mass is 647 g/mol. The van der Waals surface area contributed by atoms with E-state index in [1.807, 2.05) is 0 Å². The molecule has 4 aromatic rings. The van der Waals surface area contributed by atoms with Gasteiger partial charge in [0.2, 0.25) is 5.91 Å². The van der Waals surface area contributed by atoms with Crippen LogP contribution < -0.4 is 20.5 Å². The molecular formula is C31H30F5N5O5. The number of halogens is 5. The van der Waals surface area contributed by atoms with Crippen molar-refractivity contribution >= 4 is 22.7 Å². The van der Waals surface area contributed by atoms with Crippen molar-refractivity contribution < 1.29 is 46.1 Å². The Morgan fingerprint density at radius 3 is 2.41 bits per heavy atom. The van der Waals surface area contributed by atoms with Gasteiger partial charge in [-0.1, -0.05) is 12.1 Å². The highest BCUT2D eigenvalue weighted by atomic mass is 19.4. The zero-order valence-electron chi connectivity index (χ0n) is 24.7. The molecule has 10 nitrogen and oxygen atoms in total. The lowest BCUT2D eigenvalue weighted by Crippen LogP contribution is -2.43. The SMILES string of the molecule is CCOc1c(CC(N)=O)cc([C@@](O)(CNC(=O)c2cc(OC)c3nn(C(F)F)cc3c2)C2CC2)nc1-c1ccc(C(F)(F)F)cc1. The molecule has 1 fully saturated rings. The molecule has 5 rings (SSSR count). The number of methoxy groups -OCH3 is 1. The zero-order valence-corrected chi connectivity index (χ0v) is 24.7. The largest absolute Gasteiger partial charge is 0.494 e. The Bertz CT molecular complexity index is 1770. The maximum atomic E-state index is 13.3. The number of hydrogen-bond acceptors (Lipinski definition) is 7. The lowest BCUT2D eigenvalue weighted by Gasteiger charge is -2.30. The second-order valence-electron chi connectivity index (χ2n) is 10.9. The van der Waals surface area contributed by atoms with Crippen LogP contribution in [0, 0.1) is 5.92 Å². The van der Waals surface area contributed by atoms with Gasteiger partial charge in [0.25, 0.3) is 5.91 Å². The molecular weight excluding hydrogens is 617 g/mol. The van der Waals surface area contributed by atoms with E-state index in [9.17, 15) is 36.6 Å². The topological polar surface area (TPSA) is 142 Å². The van der Waals surface area contributed by atoms with Gasteiger partial charge in [0.1, 0.15) is 28.3 Å². The highest BCUT2D eigenvalue weighted by Gasteiger charge is 2.47. The molecule has 0 bridgehead atoms. The number of amides is 2. The molecule has 4 N–H and O–H groups in total. The van der Waals surface area contributed by atoms with Crippen LogP contribution >= 0.6 is 0 Å². The summed E-state index contributed by atoms with van der Waals surface area (Å²) in [6.07, 6.45) is -2.66. The molecule has 1 aliphatic rings. The smallest absolute Gasteiger partial charge is 0.416 e. The number of rotatable bonds is 12. The quantitative estimate of drug-likeness (QED) is 0.184. The van der Waals surface area contributed by atoms with Gasteiger partial charge in [0.15, 0.2) is 0 Å². The van der Waals surface area contributed by atoms with Crippen LogP contribution in [0.2, 0.25) is 0 Å². The molecule has 1 saturated carbocycles. The number of pyridine rings is 1. The third-order valence-corrected chi connectivity index (χ3v) is 7.68. The molecule has 0 unspecified atom stereocenters. The van der Waals surface area contributed by atoms with Crippen molar-refractivity contribution in [3.8, 4) is 22.8 Å². The summed E-state index contributed by atoms with van der Waals surface area (Å²) < 4.78 is 77.8. The van der Waals surface area contributed by atoms with E-state index in [0.29, 0.717) is 17.5 Å². The normalized spacial score (nSPS) is 14.7. The van der Waals surface area contributed by atoms with E-state index in [1.165, 1.54) is 37.4 Å². The Hall–Kier alpha value is -4.79. The first-order valence-corrected chi connectivity index (χ1v) is 14.2. The molecule has 15 heteroatoms. The van der Waals surface area contributed by atoms with Crippen molar-refractivity contribution in [2.75, 3.05) is 20.3 Å². The fraction of sp³-hybridized carbons (Fsp3) is 0.355. The predicted molar refractivity (Wildman–Crippen MR) is 155 cm³/mol. The molecule has 0 radical (unpaired) electrons. The summed E-state index contributed by atoms with van der Waals surface area (Å²) in [6.45, 7) is -1.44. The second-order valence-corrected chi connectivity index (χ2v) is 10.9. The molecule has 2 aromatic heterocycles. The number of fused-ring (bicyclic) bond motifs is 1. The van der Waals surface area contributed by atoms with Crippen molar-refractivity contribution in [2.24, 2.45) is 11.7 Å². The molecule has 2 heterocycles. The van der Waals surface area contributed by atoms with Crippen molar-refractivity contribution in [3.63, 3.8) is 0 Å². The summed E-state index contributed by atoms with van der Waals surface area (Å²) in [4.78, 5) is 30.0. The molecule has 244 valence electrons. The van der Waals surface area contributed by atoms with E-state index in [1.54, 1.807) is 6.92 Å². The van der Waals surface area contributed by atoms with E-state index in [-0.39, 0.29) is 76.0 Å². The number of carbonyl (C=O) groups excluding carboxylic acids is 2. The number of primary amides is 1. The summed E-state index contributed by atoms with van der Waals surface area (Å²) in [5.74, 6) is -1.53. The van der Waals surface area contributed by atoms with E-state index in [0.717, 1.165) is 18.3 Å². The second kappa shape index (κ2) is 12.5. The van der Waals surface area contributed by atoms with Crippen LogP contribution in [-0.4, -0.2) is 51.9 Å². The molecule has 2 aromatic carbocycles. The van der Waals surface area contributed by atoms with Crippen molar-refractivity contribution in [3.05, 3.63) is 71.0 Å². The number of carbonyl (C=O) groups is 2. The summed E-state index contributed by atoms with van der Waals surface area (Å²) >= 11 is 0. The van der Waals surface area contributed by atoms with Gasteiger partial charge < -0.3 is 25.6 Å². The van der Waals surface area contributed by atoms with Crippen LogP contribution in [0.15, 0.2) is 48.7 Å². The van der Waals surface area contributed by atoms with Crippen molar-refractivity contribution in [2.45, 2.75) is 44.5 Å². The van der Waals surface area contributed by atoms with Crippen molar-refractivity contribution in [1.82, 2.24) is 20.1 Å². The average molecular weight is 648 g/mol. The minimum atomic E-state index is -4.57. The number of ether oxygens (including phenoxy) is 2. The number of nitrogens with two attached hydrogens (primary N) is 1. The Balaban J connectivity index is 1.53. The molecule has 2 amide bonds. The highest BCUT2D eigenvalue weighted by molar-refractivity contribution is 6.00. The third-order valence-electron chi connectivity index (χ3n) is 7.68. The lowest BCUT2D eigenvalue weighted by molar-refractivity contribution is -0.137. The number of nitrogens with one attached hydrogen (secondary N) is 1. The van der Waals surface area contributed by atoms with Crippen molar-refractivity contribution in [1.29, 1.82) is 0 Å². The molecule has 1 atom stereocenters. The summed E-state index contributed by atoms with van der Waals surface area (Å²) in [7, 11) is 1.30. The predicted octanol–water partition coefficient (Wildman–Crippen LogP) is 4.97. The Morgan fingerprint density at radius 1 is 1.15 bits per heavy atom. The summed E-state index contributed by atoms with van der Waals surface area (Å²) in [5.41, 5.74) is 3.66. The Labute approximate surface area is 259 Å². The maximum Gasteiger partial charge on any atom is 0.416 e. The summed E-state index contributed by atoms with van der Waals surface area (Å²) in [5, 5.41) is 18.8. The highest BCUT2D eigenvalue weighted by Crippen LogP contribution is 2.47. The van der Waals surface area contributed by atoms with Gasteiger partial charge in [0, 0.05) is 28.3 Å². The first kappa shape index (κ1) is 32.6. The van der Waals surface area contributed by atoms with Gasteiger partial charge in [-0.05, 0) is 56.0 Å². The number of aliphatic hydroxyl groups is 1. The fourth-order valence-electron chi connectivity index (χ4n) is 5.28. The first-order chi connectivity index (χ1) is 21.7. The molecule has 46 heavy (non-hydrogen) atoms. The van der Waals surface area contributed by atoms with Gasteiger partial charge in [-0.2, -0.15) is 27.1 Å². The van der Waals surface area contributed by atoms with Gasteiger partial charge in [0.05, 0.1) is 37.9 Å². The van der Waals surface area contributed by atoms with Gasteiger partial charge >= 0.3 is 12.7 Å². The number of nitrogens with zero attached hydrogens (tertiary/aromatic N) is 3. The number of aromatic nitrogens is 3. The molecule has 0 saturated heterocycles. The maximum absolute atomic E-state index is 13.3. The summed E-state index contributed by atoms with van der Waals surface area (Å²) in [6, 6.07) is 8.33. The fourth-order valence-corrected chi connectivity index (χ4v) is 5.28. The van der Waals surface area contributed by atoms with Crippen LogP contribution in [0.3, 0.4) is 0 Å². The number of benzene rings is 2. The molecule has 0 spiro atoms. The number of alkyl halides is 5. The third kappa shape index (κ3) is 6.59. The van der Waals surface area contributed by atoms with Gasteiger partial charge in [-0.3, -0.25) is 9.59 Å². The standard InChI is InChI=1S/C31H30F5N5O5/c1-3-46-27-17(13-24(37)42)12-23(39-26(27)16-4-6-21(7-5-16)31(34,35)36)30(44,20-8-9-20)15-38-28(43)18-10-19-14-41(29(32)33)40-25(19)22(11-18)45-2/h4-7,10-12,14,20,29,44H,3,8-9,13,15H2,1-2H3,(H2,37,42)(H,38,43)/t30-/m1/s1. The van der Waals surface area contributed by atoms with E-state index in [2.05, 4.69) is 15.4 Å². The minimum Gasteiger partial charge on any atom is -0.494 e. The van der Waals surface area contributed by atoms with Crippen LogP contribution in [-0.2, 0) is 23.0 Å². The van der Waals surface area contributed by atoms with Gasteiger partial charge in [-0.15, -0.1) is 0 Å². The Kier molecular flexibility index (Phi) is 8.89.